The topological polar surface area (TPSA) is 81.4 Å². The van der Waals surface area contributed by atoms with Crippen molar-refractivity contribution >= 4 is 17.8 Å². The largest absolute Gasteiger partial charge is 0.479 e. The van der Waals surface area contributed by atoms with Crippen molar-refractivity contribution in [1.82, 2.24) is 9.78 Å². The van der Waals surface area contributed by atoms with E-state index in [0.717, 1.165) is 23.3 Å². The number of carbonyl (C=O) groups is 2. The monoisotopic (exact) mass is 326 g/mol. The van der Waals surface area contributed by atoms with Crippen LogP contribution in [0, 0.1) is 0 Å². The third-order valence-corrected chi connectivity index (χ3v) is 4.09. The van der Waals surface area contributed by atoms with Gasteiger partial charge in [-0.15, -0.1) is 0 Å². The number of rotatable bonds is 4. The van der Waals surface area contributed by atoms with Crippen LogP contribution in [0.1, 0.15) is 35.0 Å². The van der Waals surface area contributed by atoms with Crippen molar-refractivity contribution in [2.75, 3.05) is 0 Å². The molecule has 3 rings (SSSR count). The summed E-state index contributed by atoms with van der Waals surface area (Å²) in [5, 5.41) is 13.1. The average Bonchev–Trinajstić information content (AvgIpc) is 2.92. The van der Waals surface area contributed by atoms with Crippen molar-refractivity contribution in [3.63, 3.8) is 0 Å². The number of ether oxygens (including phenoxy) is 1. The summed E-state index contributed by atoms with van der Waals surface area (Å²) >= 11 is 0. The third-order valence-electron chi connectivity index (χ3n) is 4.09. The summed E-state index contributed by atoms with van der Waals surface area (Å²) in [5.74, 6) is -0.565. The molecule has 0 spiro atoms. The van der Waals surface area contributed by atoms with E-state index < -0.39 is 12.1 Å². The van der Waals surface area contributed by atoms with E-state index in [9.17, 15) is 9.59 Å². The summed E-state index contributed by atoms with van der Waals surface area (Å²) in [6.07, 6.45) is 3.94. The minimum absolute atomic E-state index is 0.00502. The number of allylic oxidation sites excluding steroid dienone is 1. The van der Waals surface area contributed by atoms with E-state index in [1.807, 2.05) is 19.2 Å². The van der Waals surface area contributed by atoms with Gasteiger partial charge < -0.3 is 9.84 Å². The second-order valence-corrected chi connectivity index (χ2v) is 5.80. The number of fused-ring (bicyclic) bond motifs is 1. The maximum atomic E-state index is 12.6. The van der Waals surface area contributed by atoms with Crippen LogP contribution in [0.5, 0.6) is 5.75 Å². The average molecular weight is 326 g/mol. The van der Waals surface area contributed by atoms with Crippen LogP contribution in [0.25, 0.3) is 6.08 Å². The van der Waals surface area contributed by atoms with Crippen LogP contribution in [0.2, 0.25) is 0 Å². The molecule has 1 atom stereocenters. The number of hydrogen-bond donors (Lipinski definition) is 1. The predicted octanol–water partition coefficient (Wildman–Crippen LogP) is 2.48. The standard InChI is InChI=1S/C18H18N2O4/c1-11(18(22)23)24-14-5-3-4-12(9-14)8-13-6-7-16-15(17(13)21)10-19-20(16)2/h3-5,8-11H,6-7H2,1-2H3,(H,22,23)/b13-8+. The van der Waals surface area contributed by atoms with Crippen LogP contribution in [-0.4, -0.2) is 32.7 Å². The zero-order valence-corrected chi connectivity index (χ0v) is 13.5. The number of aryl methyl sites for hydroxylation is 1. The summed E-state index contributed by atoms with van der Waals surface area (Å²) in [7, 11) is 1.84. The minimum Gasteiger partial charge on any atom is -0.479 e. The molecule has 1 heterocycles. The smallest absolute Gasteiger partial charge is 0.344 e. The predicted molar refractivity (Wildman–Crippen MR) is 88.0 cm³/mol. The second kappa shape index (κ2) is 6.31. The molecule has 0 amide bonds. The molecule has 0 radical (unpaired) electrons. The Morgan fingerprint density at radius 1 is 1.42 bits per heavy atom. The molecular weight excluding hydrogens is 308 g/mol. The number of nitrogens with zero attached hydrogens (tertiary/aromatic N) is 2. The SMILES string of the molecule is CC(Oc1cccc(/C=C2\CCc3c(cnn3C)C2=O)c1)C(=O)O. The lowest BCUT2D eigenvalue weighted by atomic mass is 9.90. The van der Waals surface area contributed by atoms with Gasteiger partial charge in [0.25, 0.3) is 0 Å². The van der Waals surface area contributed by atoms with Gasteiger partial charge in [-0.3, -0.25) is 9.48 Å². The first kappa shape index (κ1) is 16.0. The summed E-state index contributed by atoms with van der Waals surface area (Å²) in [6.45, 7) is 1.47. The molecule has 6 nitrogen and oxygen atoms in total. The molecule has 124 valence electrons. The van der Waals surface area contributed by atoms with Crippen LogP contribution in [0.15, 0.2) is 36.0 Å². The fourth-order valence-corrected chi connectivity index (χ4v) is 2.76. The van der Waals surface area contributed by atoms with Crippen LogP contribution < -0.4 is 4.74 Å². The summed E-state index contributed by atoms with van der Waals surface area (Å²) < 4.78 is 7.11. The van der Waals surface area contributed by atoms with Crippen molar-refractivity contribution in [2.45, 2.75) is 25.9 Å². The Balaban J connectivity index is 1.84. The fourth-order valence-electron chi connectivity index (χ4n) is 2.76. The number of Topliss-reactive ketones (excluding diaryl/α,β-unsaturated/α-hetero) is 1. The molecule has 1 N–H and O–H groups in total. The Morgan fingerprint density at radius 3 is 2.96 bits per heavy atom. The first-order chi connectivity index (χ1) is 11.5. The van der Waals surface area contributed by atoms with Gasteiger partial charge in [-0.2, -0.15) is 5.10 Å². The highest BCUT2D eigenvalue weighted by molar-refractivity contribution is 6.12. The molecule has 0 saturated heterocycles. The first-order valence-electron chi connectivity index (χ1n) is 7.71. The summed E-state index contributed by atoms with van der Waals surface area (Å²) in [4.78, 5) is 23.4. The van der Waals surface area contributed by atoms with Crippen LogP contribution in [0.3, 0.4) is 0 Å². The molecule has 0 aliphatic heterocycles. The van der Waals surface area contributed by atoms with Gasteiger partial charge in [0.05, 0.1) is 11.8 Å². The van der Waals surface area contributed by atoms with Gasteiger partial charge >= 0.3 is 5.97 Å². The lowest BCUT2D eigenvalue weighted by Gasteiger charge is -2.15. The minimum atomic E-state index is -1.02. The number of carboxylic acid groups (broad SMARTS) is 1. The van der Waals surface area contributed by atoms with Crippen molar-refractivity contribution in [3.8, 4) is 5.75 Å². The van der Waals surface area contributed by atoms with Gasteiger partial charge in [0.2, 0.25) is 0 Å². The van der Waals surface area contributed by atoms with Crippen LogP contribution in [-0.2, 0) is 18.3 Å². The van der Waals surface area contributed by atoms with Gasteiger partial charge in [-0.1, -0.05) is 12.1 Å². The molecule has 0 fully saturated rings. The number of hydrogen-bond acceptors (Lipinski definition) is 4. The number of aromatic nitrogens is 2. The van der Waals surface area contributed by atoms with E-state index in [2.05, 4.69) is 5.10 Å². The van der Waals surface area contributed by atoms with Crippen molar-refractivity contribution < 1.29 is 19.4 Å². The number of carbonyl (C=O) groups excluding carboxylic acids is 1. The van der Waals surface area contributed by atoms with Crippen molar-refractivity contribution in [1.29, 1.82) is 0 Å². The van der Waals surface area contributed by atoms with Gasteiger partial charge in [0.15, 0.2) is 11.9 Å². The van der Waals surface area contributed by atoms with Gasteiger partial charge in [-0.25, -0.2) is 4.79 Å². The summed E-state index contributed by atoms with van der Waals surface area (Å²) in [6, 6.07) is 7.07. The number of carboxylic acids is 1. The highest BCUT2D eigenvalue weighted by Gasteiger charge is 2.24. The second-order valence-electron chi connectivity index (χ2n) is 5.80. The Kier molecular flexibility index (Phi) is 4.20. The zero-order valence-electron chi connectivity index (χ0n) is 13.5. The lowest BCUT2D eigenvalue weighted by Crippen LogP contribution is -2.22. The van der Waals surface area contributed by atoms with Crippen molar-refractivity contribution in [2.24, 2.45) is 7.05 Å². The zero-order chi connectivity index (χ0) is 17.3. The van der Waals surface area contributed by atoms with Crippen molar-refractivity contribution in [3.05, 3.63) is 52.9 Å². The van der Waals surface area contributed by atoms with E-state index in [-0.39, 0.29) is 5.78 Å². The Hall–Kier alpha value is -2.89. The Labute approximate surface area is 139 Å². The quantitative estimate of drug-likeness (QED) is 0.873. The highest BCUT2D eigenvalue weighted by atomic mass is 16.5. The molecule has 2 aromatic rings. The van der Waals surface area contributed by atoms with Gasteiger partial charge in [0.1, 0.15) is 5.75 Å². The molecular formula is C18H18N2O4. The van der Waals surface area contributed by atoms with E-state index >= 15 is 0 Å². The Bertz CT molecular complexity index is 835. The molecule has 1 aliphatic carbocycles. The van der Waals surface area contributed by atoms with Crippen LogP contribution >= 0.6 is 0 Å². The van der Waals surface area contributed by atoms with Crippen LogP contribution in [0.4, 0.5) is 0 Å². The van der Waals surface area contributed by atoms with E-state index in [0.29, 0.717) is 17.7 Å². The maximum Gasteiger partial charge on any atom is 0.344 e. The van der Waals surface area contributed by atoms with Gasteiger partial charge in [0, 0.05) is 18.3 Å². The highest BCUT2D eigenvalue weighted by Crippen LogP contribution is 2.27. The molecule has 6 heteroatoms. The number of benzene rings is 1. The normalized spacial score (nSPS) is 16.8. The molecule has 1 aromatic heterocycles. The first-order valence-corrected chi connectivity index (χ1v) is 7.71. The van der Waals surface area contributed by atoms with Gasteiger partial charge in [-0.05, 0) is 43.5 Å². The van der Waals surface area contributed by atoms with E-state index in [4.69, 9.17) is 9.84 Å². The number of ketones is 1. The van der Waals surface area contributed by atoms with E-state index in [1.54, 1.807) is 29.1 Å². The molecule has 0 bridgehead atoms. The fraction of sp³-hybridized carbons (Fsp3) is 0.278. The third kappa shape index (κ3) is 3.08. The maximum absolute atomic E-state index is 12.6. The molecule has 1 unspecified atom stereocenters. The lowest BCUT2D eigenvalue weighted by molar-refractivity contribution is -0.144. The molecule has 0 saturated carbocycles. The molecule has 1 aromatic carbocycles. The molecule has 1 aliphatic rings. The Morgan fingerprint density at radius 2 is 2.21 bits per heavy atom. The van der Waals surface area contributed by atoms with E-state index in [1.165, 1.54) is 6.92 Å². The molecule has 24 heavy (non-hydrogen) atoms. The summed E-state index contributed by atoms with van der Waals surface area (Å²) in [5.41, 5.74) is 3.14. The number of aliphatic carboxylic acids is 1.